The monoisotopic (exact) mass is 352 g/mol. The Labute approximate surface area is 133 Å². The first-order chi connectivity index (χ1) is 10.2. The molecule has 0 amide bonds. The minimum atomic E-state index is 0.292. The van der Waals surface area contributed by atoms with E-state index in [2.05, 4.69) is 50.4 Å². The van der Waals surface area contributed by atoms with E-state index < -0.39 is 0 Å². The average molecular weight is 353 g/mol. The van der Waals surface area contributed by atoms with Gasteiger partial charge < -0.3 is 15.1 Å². The Morgan fingerprint density at radius 3 is 2.86 bits per heavy atom. The molecule has 0 fully saturated rings. The Hall–Kier alpha value is -1.56. The molecule has 0 saturated heterocycles. The number of rotatable bonds is 8. The molecule has 1 atom stereocenters. The van der Waals surface area contributed by atoms with Crippen LogP contribution < -0.4 is 10.6 Å². The molecule has 0 radical (unpaired) electrons. The van der Waals surface area contributed by atoms with Crippen LogP contribution in [0.1, 0.15) is 32.4 Å². The molecule has 2 rings (SSSR count). The third-order valence-electron chi connectivity index (χ3n) is 3.12. The number of aryl methyl sites for hydroxylation is 1. The lowest BCUT2D eigenvalue weighted by molar-refractivity contribution is 0.495. The Morgan fingerprint density at radius 1 is 1.33 bits per heavy atom. The van der Waals surface area contributed by atoms with Gasteiger partial charge in [-0.3, -0.25) is 0 Å². The summed E-state index contributed by atoms with van der Waals surface area (Å²) >= 11 is 3.56. The van der Waals surface area contributed by atoms with Gasteiger partial charge in [-0.2, -0.15) is 0 Å². The highest BCUT2D eigenvalue weighted by Crippen LogP contribution is 2.27. The fraction of sp³-hybridized carbons (Fsp3) is 0.467. The van der Waals surface area contributed by atoms with E-state index in [1.165, 1.54) is 0 Å². The standard InChI is InChI=1S/C15H21BrN4O/c1-3-8-17-14-13(16)15(19-10-18-14)20-11(2)6-7-12-5-4-9-21-12/h4-5,9-11H,3,6-8H2,1-2H3,(H2,17,18,19,20). The van der Waals surface area contributed by atoms with Crippen LogP contribution in [0.5, 0.6) is 0 Å². The largest absolute Gasteiger partial charge is 0.469 e. The van der Waals surface area contributed by atoms with E-state index in [1.54, 1.807) is 12.6 Å². The zero-order chi connectivity index (χ0) is 15.1. The predicted octanol–water partition coefficient (Wildman–Crippen LogP) is 4.09. The van der Waals surface area contributed by atoms with Crippen LogP contribution in [0.3, 0.4) is 0 Å². The molecule has 21 heavy (non-hydrogen) atoms. The van der Waals surface area contributed by atoms with Crippen molar-refractivity contribution in [3.63, 3.8) is 0 Å². The van der Waals surface area contributed by atoms with E-state index in [4.69, 9.17) is 4.42 Å². The number of nitrogens with zero attached hydrogens (tertiary/aromatic N) is 2. The van der Waals surface area contributed by atoms with Crippen molar-refractivity contribution in [1.82, 2.24) is 9.97 Å². The topological polar surface area (TPSA) is 63.0 Å². The number of hydrogen-bond acceptors (Lipinski definition) is 5. The lowest BCUT2D eigenvalue weighted by Gasteiger charge is -2.16. The Morgan fingerprint density at radius 2 is 2.14 bits per heavy atom. The molecule has 2 aromatic rings. The molecule has 1 unspecified atom stereocenters. The van der Waals surface area contributed by atoms with Gasteiger partial charge in [-0.25, -0.2) is 9.97 Å². The SMILES string of the molecule is CCCNc1ncnc(NC(C)CCc2ccco2)c1Br. The zero-order valence-electron chi connectivity index (χ0n) is 12.4. The molecule has 0 aliphatic carbocycles. The summed E-state index contributed by atoms with van der Waals surface area (Å²) in [7, 11) is 0. The number of anilines is 2. The van der Waals surface area contributed by atoms with E-state index in [9.17, 15) is 0 Å². The van der Waals surface area contributed by atoms with Crippen molar-refractivity contribution in [2.24, 2.45) is 0 Å². The van der Waals surface area contributed by atoms with Crippen LogP contribution in [0.2, 0.25) is 0 Å². The maximum atomic E-state index is 5.35. The van der Waals surface area contributed by atoms with Crippen molar-refractivity contribution in [2.75, 3.05) is 17.2 Å². The predicted molar refractivity (Wildman–Crippen MR) is 88.6 cm³/mol. The van der Waals surface area contributed by atoms with Gasteiger partial charge in [-0.05, 0) is 47.8 Å². The Bertz CT molecular complexity index is 545. The Balaban J connectivity index is 1.92. The summed E-state index contributed by atoms with van der Waals surface area (Å²) < 4.78 is 6.23. The van der Waals surface area contributed by atoms with Crippen LogP contribution in [0.4, 0.5) is 11.6 Å². The van der Waals surface area contributed by atoms with Crippen LogP contribution in [0.15, 0.2) is 33.6 Å². The van der Waals surface area contributed by atoms with Crippen LogP contribution in [-0.2, 0) is 6.42 Å². The minimum absolute atomic E-state index is 0.292. The second-order valence-corrected chi connectivity index (χ2v) is 5.77. The van der Waals surface area contributed by atoms with Crippen molar-refractivity contribution in [3.05, 3.63) is 35.0 Å². The first-order valence-electron chi connectivity index (χ1n) is 7.24. The quantitative estimate of drug-likeness (QED) is 0.749. The maximum absolute atomic E-state index is 5.35. The van der Waals surface area contributed by atoms with Gasteiger partial charge in [-0.1, -0.05) is 6.92 Å². The normalized spacial score (nSPS) is 12.1. The molecule has 0 aromatic carbocycles. The summed E-state index contributed by atoms with van der Waals surface area (Å²) in [5, 5.41) is 6.69. The second-order valence-electron chi connectivity index (χ2n) is 4.98. The van der Waals surface area contributed by atoms with Gasteiger partial charge in [0, 0.05) is 19.0 Å². The summed E-state index contributed by atoms with van der Waals surface area (Å²) in [5.74, 6) is 2.65. The molecule has 2 aromatic heterocycles. The third-order valence-corrected chi connectivity index (χ3v) is 3.87. The molecule has 0 aliphatic heterocycles. The van der Waals surface area contributed by atoms with E-state index in [0.29, 0.717) is 6.04 Å². The van der Waals surface area contributed by atoms with E-state index in [-0.39, 0.29) is 0 Å². The van der Waals surface area contributed by atoms with Gasteiger partial charge in [0.2, 0.25) is 0 Å². The van der Waals surface area contributed by atoms with E-state index in [1.807, 2.05) is 12.1 Å². The van der Waals surface area contributed by atoms with Gasteiger partial charge in [0.1, 0.15) is 28.2 Å². The van der Waals surface area contributed by atoms with Crippen molar-refractivity contribution < 1.29 is 4.42 Å². The van der Waals surface area contributed by atoms with Gasteiger partial charge in [0.15, 0.2) is 0 Å². The fourth-order valence-corrected chi connectivity index (χ4v) is 2.42. The molecule has 114 valence electrons. The minimum Gasteiger partial charge on any atom is -0.469 e. The lowest BCUT2D eigenvalue weighted by Crippen LogP contribution is -2.18. The first-order valence-corrected chi connectivity index (χ1v) is 8.03. The van der Waals surface area contributed by atoms with Crippen LogP contribution in [0.25, 0.3) is 0 Å². The highest BCUT2D eigenvalue weighted by Gasteiger charge is 2.11. The molecule has 0 bridgehead atoms. The highest BCUT2D eigenvalue weighted by molar-refractivity contribution is 9.10. The van der Waals surface area contributed by atoms with Crippen LogP contribution in [-0.4, -0.2) is 22.6 Å². The molecular formula is C15H21BrN4O. The highest BCUT2D eigenvalue weighted by atomic mass is 79.9. The Kier molecular flexibility index (Phi) is 6.04. The third kappa shape index (κ3) is 4.74. The molecule has 0 saturated carbocycles. The number of nitrogens with one attached hydrogen (secondary N) is 2. The van der Waals surface area contributed by atoms with Crippen LogP contribution in [0, 0.1) is 0 Å². The molecule has 5 nitrogen and oxygen atoms in total. The summed E-state index contributed by atoms with van der Waals surface area (Å²) in [6.45, 7) is 5.15. The summed E-state index contributed by atoms with van der Waals surface area (Å²) in [6, 6.07) is 4.21. The molecule has 2 heterocycles. The van der Waals surface area contributed by atoms with Crippen molar-refractivity contribution in [1.29, 1.82) is 0 Å². The van der Waals surface area contributed by atoms with Gasteiger partial charge in [-0.15, -0.1) is 0 Å². The van der Waals surface area contributed by atoms with Crippen molar-refractivity contribution >= 4 is 27.6 Å². The summed E-state index contributed by atoms with van der Waals surface area (Å²) in [4.78, 5) is 8.55. The molecular weight excluding hydrogens is 332 g/mol. The van der Waals surface area contributed by atoms with Gasteiger partial charge >= 0.3 is 0 Å². The molecule has 0 aliphatic rings. The fourth-order valence-electron chi connectivity index (χ4n) is 1.96. The van der Waals surface area contributed by atoms with Crippen molar-refractivity contribution in [3.8, 4) is 0 Å². The van der Waals surface area contributed by atoms with Gasteiger partial charge in [0.25, 0.3) is 0 Å². The summed E-state index contributed by atoms with van der Waals surface area (Å²) in [5.41, 5.74) is 0. The number of hydrogen-bond donors (Lipinski definition) is 2. The molecule has 2 N–H and O–H groups in total. The average Bonchev–Trinajstić information content (AvgIpc) is 2.99. The lowest BCUT2D eigenvalue weighted by atomic mass is 10.1. The van der Waals surface area contributed by atoms with Crippen LogP contribution >= 0.6 is 15.9 Å². The molecule has 6 heteroatoms. The second kappa shape index (κ2) is 8.02. The number of halogens is 1. The van der Waals surface area contributed by atoms with E-state index >= 15 is 0 Å². The van der Waals surface area contributed by atoms with Crippen molar-refractivity contribution in [2.45, 2.75) is 39.2 Å². The smallest absolute Gasteiger partial charge is 0.146 e. The first kappa shape index (κ1) is 15.8. The zero-order valence-corrected chi connectivity index (χ0v) is 14.0. The number of aromatic nitrogens is 2. The summed E-state index contributed by atoms with van der Waals surface area (Å²) in [6.07, 6.45) is 6.22. The van der Waals surface area contributed by atoms with E-state index in [0.717, 1.165) is 47.7 Å². The maximum Gasteiger partial charge on any atom is 0.146 e. The molecule has 0 spiro atoms. The number of furan rings is 1. The van der Waals surface area contributed by atoms with Gasteiger partial charge in [0.05, 0.1) is 6.26 Å².